The van der Waals surface area contributed by atoms with Gasteiger partial charge in [-0.15, -0.1) is 0 Å². The Morgan fingerprint density at radius 1 is 0.952 bits per heavy atom. The highest BCUT2D eigenvalue weighted by Gasteiger charge is 2.03. The van der Waals surface area contributed by atoms with E-state index < -0.39 is 0 Å². The lowest BCUT2D eigenvalue weighted by atomic mass is 10.1. The summed E-state index contributed by atoms with van der Waals surface area (Å²) in [5.74, 6) is 0.0931. The third kappa shape index (κ3) is 4.95. The summed E-state index contributed by atoms with van der Waals surface area (Å²) in [6.07, 6.45) is 1.29. The minimum atomic E-state index is 0.0931. The Hall–Kier alpha value is -2.29. The van der Waals surface area contributed by atoms with E-state index in [1.165, 1.54) is 11.3 Å². The van der Waals surface area contributed by atoms with Crippen LogP contribution in [0.2, 0.25) is 0 Å². The monoisotopic (exact) mass is 282 g/mol. The molecular formula is C18H22N2O. The molecule has 0 fully saturated rings. The molecule has 110 valence electrons. The molecule has 0 radical (unpaired) electrons. The number of nitrogens with one attached hydrogen (secondary N) is 1. The van der Waals surface area contributed by atoms with Crippen molar-refractivity contribution in [3.05, 3.63) is 65.7 Å². The van der Waals surface area contributed by atoms with Crippen LogP contribution in [0.3, 0.4) is 0 Å². The number of carbonyl (C=O) groups is 1. The second-order valence-electron chi connectivity index (χ2n) is 5.32. The van der Waals surface area contributed by atoms with E-state index in [1.54, 1.807) is 0 Å². The fourth-order valence-corrected chi connectivity index (χ4v) is 2.10. The Morgan fingerprint density at radius 3 is 2.24 bits per heavy atom. The fraction of sp³-hybridized carbons (Fsp3) is 0.278. The van der Waals surface area contributed by atoms with Gasteiger partial charge in [-0.25, -0.2) is 0 Å². The van der Waals surface area contributed by atoms with Crippen molar-refractivity contribution in [2.45, 2.75) is 19.4 Å². The highest BCUT2D eigenvalue weighted by atomic mass is 16.1. The molecule has 0 saturated heterocycles. The molecule has 0 bridgehead atoms. The second-order valence-corrected chi connectivity index (χ2v) is 5.32. The van der Waals surface area contributed by atoms with Gasteiger partial charge in [0.1, 0.15) is 0 Å². The Morgan fingerprint density at radius 2 is 1.62 bits per heavy atom. The second kappa shape index (κ2) is 7.48. The van der Waals surface area contributed by atoms with Crippen molar-refractivity contribution in [2.24, 2.45) is 0 Å². The summed E-state index contributed by atoms with van der Waals surface area (Å²) in [5, 5.41) is 2.95. The molecular weight excluding hydrogens is 260 g/mol. The molecule has 0 spiro atoms. The minimum absolute atomic E-state index is 0.0931. The van der Waals surface area contributed by atoms with Gasteiger partial charge in [0.05, 0.1) is 0 Å². The maximum Gasteiger partial charge on any atom is 0.220 e. The Labute approximate surface area is 126 Å². The molecule has 2 rings (SSSR count). The van der Waals surface area contributed by atoms with Crippen LogP contribution in [0.5, 0.6) is 0 Å². The van der Waals surface area contributed by atoms with Crippen molar-refractivity contribution < 1.29 is 4.79 Å². The van der Waals surface area contributed by atoms with E-state index in [-0.39, 0.29) is 5.91 Å². The molecule has 3 heteroatoms. The molecule has 1 N–H and O–H groups in total. The Kier molecular flexibility index (Phi) is 5.38. The smallest absolute Gasteiger partial charge is 0.220 e. The lowest BCUT2D eigenvalue weighted by Gasteiger charge is -2.12. The van der Waals surface area contributed by atoms with Gasteiger partial charge in [-0.1, -0.05) is 42.5 Å². The molecule has 0 aromatic heterocycles. The van der Waals surface area contributed by atoms with Crippen LogP contribution >= 0.6 is 0 Å². The van der Waals surface area contributed by atoms with Crippen molar-refractivity contribution in [3.8, 4) is 0 Å². The topological polar surface area (TPSA) is 32.3 Å². The molecule has 0 aliphatic carbocycles. The summed E-state index contributed by atoms with van der Waals surface area (Å²) >= 11 is 0. The number of amides is 1. The van der Waals surface area contributed by atoms with Crippen LogP contribution < -0.4 is 10.2 Å². The first-order valence-electron chi connectivity index (χ1n) is 7.22. The Bertz CT molecular complexity index is 562. The van der Waals surface area contributed by atoms with Crippen LogP contribution in [0.1, 0.15) is 17.5 Å². The molecule has 0 atom stereocenters. The number of hydrogen-bond donors (Lipinski definition) is 1. The minimum Gasteiger partial charge on any atom is -0.378 e. The van der Waals surface area contributed by atoms with Crippen molar-refractivity contribution in [3.63, 3.8) is 0 Å². The number of carbonyl (C=O) groups excluding carboxylic acids is 1. The highest BCUT2D eigenvalue weighted by Crippen LogP contribution is 2.13. The molecule has 0 unspecified atom stereocenters. The summed E-state index contributed by atoms with van der Waals surface area (Å²) in [6, 6.07) is 18.3. The largest absolute Gasteiger partial charge is 0.378 e. The summed E-state index contributed by atoms with van der Waals surface area (Å²) in [6.45, 7) is 0.596. The van der Waals surface area contributed by atoms with Gasteiger partial charge in [0.25, 0.3) is 0 Å². The standard InChI is InChI=1S/C18H22N2O/c1-20(2)17-11-8-15(9-12-17)10-13-18(21)19-14-16-6-4-3-5-7-16/h3-9,11-12H,10,13-14H2,1-2H3,(H,19,21). The van der Waals surface area contributed by atoms with Crippen LogP contribution in [0.25, 0.3) is 0 Å². The molecule has 0 saturated carbocycles. The van der Waals surface area contributed by atoms with E-state index >= 15 is 0 Å². The van der Waals surface area contributed by atoms with E-state index in [1.807, 2.05) is 44.4 Å². The predicted molar refractivity (Wildman–Crippen MR) is 87.4 cm³/mol. The quantitative estimate of drug-likeness (QED) is 0.883. The van der Waals surface area contributed by atoms with Gasteiger partial charge in [0, 0.05) is 32.7 Å². The lowest BCUT2D eigenvalue weighted by Crippen LogP contribution is -2.22. The van der Waals surface area contributed by atoms with Crippen LogP contribution in [0.15, 0.2) is 54.6 Å². The van der Waals surface area contributed by atoms with Gasteiger partial charge in [-0.3, -0.25) is 4.79 Å². The van der Waals surface area contributed by atoms with Crippen LogP contribution in [-0.4, -0.2) is 20.0 Å². The molecule has 3 nitrogen and oxygen atoms in total. The number of nitrogens with zero attached hydrogens (tertiary/aromatic N) is 1. The van der Waals surface area contributed by atoms with Crippen molar-refractivity contribution in [1.82, 2.24) is 5.32 Å². The molecule has 2 aromatic rings. The van der Waals surface area contributed by atoms with E-state index in [0.717, 1.165) is 12.0 Å². The predicted octanol–water partition coefficient (Wildman–Crippen LogP) is 3.00. The first-order chi connectivity index (χ1) is 10.1. The zero-order valence-electron chi connectivity index (χ0n) is 12.7. The summed E-state index contributed by atoms with van der Waals surface area (Å²) in [4.78, 5) is 13.9. The number of aryl methyl sites for hydroxylation is 1. The molecule has 2 aromatic carbocycles. The van der Waals surface area contributed by atoms with Gasteiger partial charge in [-0.2, -0.15) is 0 Å². The van der Waals surface area contributed by atoms with Crippen molar-refractivity contribution in [2.75, 3.05) is 19.0 Å². The first-order valence-corrected chi connectivity index (χ1v) is 7.22. The molecule has 0 aliphatic heterocycles. The van der Waals surface area contributed by atoms with Gasteiger partial charge < -0.3 is 10.2 Å². The zero-order valence-corrected chi connectivity index (χ0v) is 12.7. The SMILES string of the molecule is CN(C)c1ccc(CCC(=O)NCc2ccccc2)cc1. The van der Waals surface area contributed by atoms with E-state index in [9.17, 15) is 4.79 Å². The van der Waals surface area contributed by atoms with Gasteiger partial charge >= 0.3 is 0 Å². The number of hydrogen-bond acceptors (Lipinski definition) is 2. The summed E-state index contributed by atoms with van der Waals surface area (Å²) in [5.41, 5.74) is 3.49. The maximum atomic E-state index is 11.8. The third-order valence-electron chi connectivity index (χ3n) is 3.43. The van der Waals surface area contributed by atoms with E-state index in [2.05, 4.69) is 34.5 Å². The molecule has 1 amide bonds. The average Bonchev–Trinajstić information content (AvgIpc) is 2.52. The average molecular weight is 282 g/mol. The normalized spacial score (nSPS) is 10.2. The zero-order chi connectivity index (χ0) is 15.1. The van der Waals surface area contributed by atoms with Gasteiger partial charge in [0.15, 0.2) is 0 Å². The summed E-state index contributed by atoms with van der Waals surface area (Å²) < 4.78 is 0. The van der Waals surface area contributed by atoms with Crippen molar-refractivity contribution in [1.29, 1.82) is 0 Å². The fourth-order valence-electron chi connectivity index (χ4n) is 2.10. The van der Waals surface area contributed by atoms with Gasteiger partial charge in [-0.05, 0) is 29.7 Å². The molecule has 21 heavy (non-hydrogen) atoms. The highest BCUT2D eigenvalue weighted by molar-refractivity contribution is 5.76. The molecule has 0 heterocycles. The van der Waals surface area contributed by atoms with E-state index in [0.29, 0.717) is 13.0 Å². The van der Waals surface area contributed by atoms with Crippen LogP contribution in [-0.2, 0) is 17.8 Å². The van der Waals surface area contributed by atoms with Crippen LogP contribution in [0, 0.1) is 0 Å². The van der Waals surface area contributed by atoms with E-state index in [4.69, 9.17) is 0 Å². The lowest BCUT2D eigenvalue weighted by molar-refractivity contribution is -0.121. The Balaban J connectivity index is 1.76. The molecule has 0 aliphatic rings. The summed E-state index contributed by atoms with van der Waals surface area (Å²) in [7, 11) is 4.04. The maximum absolute atomic E-state index is 11.8. The number of anilines is 1. The first kappa shape index (κ1) is 15.1. The van der Waals surface area contributed by atoms with Crippen LogP contribution in [0.4, 0.5) is 5.69 Å². The number of benzene rings is 2. The third-order valence-corrected chi connectivity index (χ3v) is 3.43. The van der Waals surface area contributed by atoms with Gasteiger partial charge in [0.2, 0.25) is 5.91 Å². The number of rotatable bonds is 6. The van der Waals surface area contributed by atoms with Crippen molar-refractivity contribution >= 4 is 11.6 Å².